The Hall–Kier alpha value is -1.22. The van der Waals surface area contributed by atoms with Gasteiger partial charge in [0, 0.05) is 24.7 Å². The molecule has 4 aliphatic carbocycles. The number of nitrogens with two attached hydrogens (primary N) is 1. The number of nitrogens with zero attached hydrogens (tertiary/aromatic N) is 1. The monoisotopic (exact) mass is 325 g/mol. The zero-order valence-corrected chi connectivity index (χ0v) is 14.7. The molecule has 6 rings (SSSR count). The van der Waals surface area contributed by atoms with Gasteiger partial charge in [0.25, 0.3) is 0 Å². The van der Waals surface area contributed by atoms with Crippen LogP contribution in [0, 0.1) is 17.8 Å². The molecule has 0 spiro atoms. The second-order valence-electron chi connectivity index (χ2n) is 9.13. The van der Waals surface area contributed by atoms with Gasteiger partial charge in [0.2, 0.25) is 0 Å². The summed E-state index contributed by atoms with van der Waals surface area (Å²) in [5, 5.41) is 3.69. The molecule has 0 radical (unpaired) electrons. The highest BCUT2D eigenvalue weighted by molar-refractivity contribution is 5.65. The Kier molecular flexibility index (Phi) is 3.55. The van der Waals surface area contributed by atoms with Crippen LogP contribution in [-0.2, 0) is 0 Å². The van der Waals surface area contributed by atoms with Gasteiger partial charge in [-0.15, -0.1) is 0 Å². The van der Waals surface area contributed by atoms with Crippen molar-refractivity contribution in [3.8, 4) is 0 Å². The van der Waals surface area contributed by atoms with E-state index in [2.05, 4.69) is 22.3 Å². The van der Waals surface area contributed by atoms with Crippen LogP contribution < -0.4 is 11.1 Å². The van der Waals surface area contributed by atoms with Crippen LogP contribution in [0.15, 0.2) is 24.3 Å². The van der Waals surface area contributed by atoms with E-state index in [-0.39, 0.29) is 0 Å². The molecule has 3 N–H and O–H groups in total. The molecule has 1 aromatic carbocycles. The van der Waals surface area contributed by atoms with E-state index in [1.807, 2.05) is 12.1 Å². The Morgan fingerprint density at radius 1 is 0.917 bits per heavy atom. The van der Waals surface area contributed by atoms with Gasteiger partial charge in [-0.1, -0.05) is 12.1 Å². The Morgan fingerprint density at radius 3 is 2.08 bits per heavy atom. The molecule has 0 amide bonds. The second kappa shape index (κ2) is 5.66. The quantitative estimate of drug-likeness (QED) is 0.822. The minimum Gasteiger partial charge on any atom is -0.397 e. The summed E-state index contributed by atoms with van der Waals surface area (Å²) >= 11 is 0. The maximum absolute atomic E-state index is 6.09. The summed E-state index contributed by atoms with van der Waals surface area (Å²) in [7, 11) is 0. The van der Waals surface area contributed by atoms with Gasteiger partial charge in [-0.2, -0.15) is 0 Å². The molecular weight excluding hydrogens is 294 g/mol. The van der Waals surface area contributed by atoms with E-state index in [4.69, 9.17) is 5.73 Å². The summed E-state index contributed by atoms with van der Waals surface area (Å²) in [5.41, 5.74) is 8.68. The average Bonchev–Trinajstić information content (AvgIpc) is 2.56. The van der Waals surface area contributed by atoms with Crippen molar-refractivity contribution in [3.63, 3.8) is 0 Å². The fraction of sp³-hybridized carbons (Fsp3) is 0.714. The molecule has 3 nitrogen and oxygen atoms in total. The maximum Gasteiger partial charge on any atom is 0.0576 e. The lowest BCUT2D eigenvalue weighted by molar-refractivity contribution is -0.0949. The number of nitrogen functional groups attached to an aromatic ring is 1. The summed E-state index contributed by atoms with van der Waals surface area (Å²) in [4.78, 5) is 2.91. The summed E-state index contributed by atoms with van der Waals surface area (Å²) in [5.74, 6) is 3.16. The molecule has 5 aliphatic rings. The van der Waals surface area contributed by atoms with E-state index in [9.17, 15) is 0 Å². The molecule has 24 heavy (non-hydrogen) atoms. The van der Waals surface area contributed by atoms with Gasteiger partial charge in [-0.05, 0) is 81.3 Å². The molecule has 4 bridgehead atoms. The van der Waals surface area contributed by atoms with E-state index in [1.165, 1.54) is 45.2 Å². The van der Waals surface area contributed by atoms with Gasteiger partial charge in [0.1, 0.15) is 0 Å². The second-order valence-corrected chi connectivity index (χ2v) is 9.13. The van der Waals surface area contributed by atoms with Crippen molar-refractivity contribution in [1.29, 1.82) is 0 Å². The standard InChI is InChI=1S/C21H31N3/c22-19-3-1-2-4-20(19)23-18-5-7-24(8-6-18)21-12-15-9-16(13-21)11-17(10-15)14-21/h1-4,15-18,23H,5-14,22H2. The first-order chi connectivity index (χ1) is 11.7. The lowest BCUT2D eigenvalue weighted by atomic mass is 9.52. The molecule has 1 saturated heterocycles. The number of benzene rings is 1. The smallest absolute Gasteiger partial charge is 0.0576 e. The molecule has 4 saturated carbocycles. The van der Waals surface area contributed by atoms with E-state index >= 15 is 0 Å². The number of piperidine rings is 1. The van der Waals surface area contributed by atoms with Gasteiger partial charge < -0.3 is 11.1 Å². The number of anilines is 2. The van der Waals surface area contributed by atoms with E-state index in [1.54, 1.807) is 19.3 Å². The normalized spacial score (nSPS) is 39.2. The molecular formula is C21H31N3. The van der Waals surface area contributed by atoms with Gasteiger partial charge >= 0.3 is 0 Å². The third-order valence-electron chi connectivity index (χ3n) is 7.49. The number of hydrogen-bond acceptors (Lipinski definition) is 3. The maximum atomic E-state index is 6.09. The van der Waals surface area contributed by atoms with Gasteiger partial charge in [0.15, 0.2) is 0 Å². The first-order valence-electron chi connectivity index (χ1n) is 10.1. The highest BCUT2D eigenvalue weighted by Gasteiger charge is 2.53. The summed E-state index contributed by atoms with van der Waals surface area (Å²) in [6.07, 6.45) is 11.7. The summed E-state index contributed by atoms with van der Waals surface area (Å²) in [6.45, 7) is 2.55. The first-order valence-corrected chi connectivity index (χ1v) is 10.1. The number of likely N-dealkylation sites (tertiary alicyclic amines) is 1. The van der Waals surface area contributed by atoms with Gasteiger partial charge in [-0.25, -0.2) is 0 Å². The van der Waals surface area contributed by atoms with Gasteiger partial charge in [-0.3, -0.25) is 4.90 Å². The van der Waals surface area contributed by atoms with Crippen LogP contribution >= 0.6 is 0 Å². The Labute approximate surface area is 146 Å². The van der Waals surface area contributed by atoms with E-state index in [0.717, 1.165) is 29.1 Å². The van der Waals surface area contributed by atoms with Crippen LogP contribution in [0.2, 0.25) is 0 Å². The van der Waals surface area contributed by atoms with Crippen molar-refractivity contribution >= 4 is 11.4 Å². The van der Waals surface area contributed by atoms with E-state index < -0.39 is 0 Å². The van der Waals surface area contributed by atoms with Crippen LogP contribution in [0.1, 0.15) is 51.4 Å². The topological polar surface area (TPSA) is 41.3 Å². The molecule has 0 unspecified atom stereocenters. The van der Waals surface area contributed by atoms with Crippen molar-refractivity contribution < 1.29 is 0 Å². The Balaban J connectivity index is 1.24. The van der Waals surface area contributed by atoms with Crippen LogP contribution in [0.4, 0.5) is 11.4 Å². The lowest BCUT2D eigenvalue weighted by Crippen LogP contribution is -2.62. The lowest BCUT2D eigenvalue weighted by Gasteiger charge is -2.61. The molecule has 0 atom stereocenters. The molecule has 1 aromatic rings. The van der Waals surface area contributed by atoms with Crippen molar-refractivity contribution in [2.24, 2.45) is 17.8 Å². The SMILES string of the molecule is Nc1ccccc1NC1CCN(C23CC4CC(CC(C4)C2)C3)CC1. The Bertz CT molecular complexity index is 568. The van der Waals surface area contributed by atoms with Crippen molar-refractivity contribution in [1.82, 2.24) is 4.90 Å². The molecule has 130 valence electrons. The zero-order chi connectivity index (χ0) is 16.1. The van der Waals surface area contributed by atoms with Crippen LogP contribution in [-0.4, -0.2) is 29.6 Å². The number of nitrogens with one attached hydrogen (secondary N) is 1. The predicted octanol–water partition coefficient (Wildman–Crippen LogP) is 4.11. The molecule has 0 aromatic heterocycles. The van der Waals surface area contributed by atoms with Crippen molar-refractivity contribution in [2.45, 2.75) is 62.9 Å². The largest absolute Gasteiger partial charge is 0.397 e. The third kappa shape index (κ3) is 2.52. The highest BCUT2D eigenvalue weighted by atomic mass is 15.2. The molecule has 1 heterocycles. The van der Waals surface area contributed by atoms with Gasteiger partial charge in [0.05, 0.1) is 11.4 Å². The fourth-order valence-electron chi connectivity index (χ4n) is 6.80. The first kappa shape index (κ1) is 15.1. The van der Waals surface area contributed by atoms with Crippen LogP contribution in [0.25, 0.3) is 0 Å². The third-order valence-corrected chi connectivity index (χ3v) is 7.49. The summed E-state index contributed by atoms with van der Waals surface area (Å²) in [6, 6.07) is 8.77. The van der Waals surface area contributed by atoms with Crippen molar-refractivity contribution in [3.05, 3.63) is 24.3 Å². The minimum absolute atomic E-state index is 0.583. The zero-order valence-electron chi connectivity index (χ0n) is 14.7. The summed E-state index contributed by atoms with van der Waals surface area (Å²) < 4.78 is 0. The van der Waals surface area contributed by atoms with Crippen LogP contribution in [0.3, 0.4) is 0 Å². The van der Waals surface area contributed by atoms with Crippen LogP contribution in [0.5, 0.6) is 0 Å². The molecule has 1 aliphatic heterocycles. The highest BCUT2D eigenvalue weighted by Crippen LogP contribution is 2.58. The number of para-hydroxylation sites is 2. The Morgan fingerprint density at radius 2 is 1.50 bits per heavy atom. The predicted molar refractivity (Wildman–Crippen MR) is 100.0 cm³/mol. The minimum atomic E-state index is 0.583. The molecule has 3 heteroatoms. The number of rotatable bonds is 3. The fourth-order valence-corrected chi connectivity index (χ4v) is 6.80. The number of hydrogen-bond donors (Lipinski definition) is 2. The average molecular weight is 326 g/mol. The van der Waals surface area contributed by atoms with E-state index in [0.29, 0.717) is 11.6 Å². The van der Waals surface area contributed by atoms with Crippen molar-refractivity contribution in [2.75, 3.05) is 24.1 Å². The molecule has 5 fully saturated rings.